The number of aryl methyl sites for hydroxylation is 1. The van der Waals surface area contributed by atoms with Crippen LogP contribution in [0.25, 0.3) is 0 Å². The van der Waals surface area contributed by atoms with Crippen molar-refractivity contribution in [2.24, 2.45) is 5.92 Å². The third-order valence-corrected chi connectivity index (χ3v) is 7.23. The first kappa shape index (κ1) is 18.4. The van der Waals surface area contributed by atoms with Gasteiger partial charge in [0.25, 0.3) is 5.91 Å². The standard InChI is InChI=1S/C18H27N3O3S/c1-13-6-7-16(25(23,24)21-8-4-3-5-14(21)2)9-17(13)18(22)20-12-15-10-19-11-15/h6-7,9,14-15,19H,3-5,8,10-12H2,1-2H3,(H,20,22). The Bertz CT molecular complexity index is 744. The average Bonchev–Trinajstić information content (AvgIpc) is 2.53. The summed E-state index contributed by atoms with van der Waals surface area (Å²) in [6.07, 6.45) is 2.83. The molecule has 2 aliphatic heterocycles. The van der Waals surface area contributed by atoms with Crippen molar-refractivity contribution in [3.05, 3.63) is 29.3 Å². The molecule has 2 heterocycles. The minimum atomic E-state index is -3.57. The molecule has 0 aromatic heterocycles. The highest BCUT2D eigenvalue weighted by molar-refractivity contribution is 7.89. The molecule has 2 aliphatic rings. The molecule has 1 unspecified atom stereocenters. The molecular weight excluding hydrogens is 338 g/mol. The van der Waals surface area contributed by atoms with Crippen LogP contribution in [0.1, 0.15) is 42.1 Å². The zero-order valence-corrected chi connectivity index (χ0v) is 15.7. The lowest BCUT2D eigenvalue weighted by Crippen LogP contribution is -2.48. The third-order valence-electron chi connectivity index (χ3n) is 5.22. The van der Waals surface area contributed by atoms with Crippen molar-refractivity contribution in [1.82, 2.24) is 14.9 Å². The summed E-state index contributed by atoms with van der Waals surface area (Å²) in [6.45, 7) is 6.78. The topological polar surface area (TPSA) is 78.5 Å². The van der Waals surface area contributed by atoms with Gasteiger partial charge in [0.15, 0.2) is 0 Å². The van der Waals surface area contributed by atoms with E-state index in [1.165, 1.54) is 6.07 Å². The Morgan fingerprint density at radius 3 is 2.72 bits per heavy atom. The summed E-state index contributed by atoms with van der Waals surface area (Å²) in [7, 11) is -3.57. The quantitative estimate of drug-likeness (QED) is 0.829. The fraction of sp³-hybridized carbons (Fsp3) is 0.611. The maximum absolute atomic E-state index is 13.0. The molecule has 1 aromatic rings. The summed E-state index contributed by atoms with van der Waals surface area (Å²) in [4.78, 5) is 12.7. The van der Waals surface area contributed by atoms with Crippen molar-refractivity contribution >= 4 is 15.9 Å². The molecular formula is C18H27N3O3S. The molecule has 1 amide bonds. The van der Waals surface area contributed by atoms with Crippen LogP contribution >= 0.6 is 0 Å². The largest absolute Gasteiger partial charge is 0.352 e. The Kier molecular flexibility index (Phi) is 5.46. The van der Waals surface area contributed by atoms with Crippen molar-refractivity contribution in [2.45, 2.75) is 44.0 Å². The summed E-state index contributed by atoms with van der Waals surface area (Å²) in [5.74, 6) is 0.263. The van der Waals surface area contributed by atoms with Crippen molar-refractivity contribution in [3.8, 4) is 0 Å². The number of benzene rings is 1. The van der Waals surface area contributed by atoms with E-state index in [0.717, 1.165) is 37.9 Å². The van der Waals surface area contributed by atoms with E-state index in [-0.39, 0.29) is 16.8 Å². The van der Waals surface area contributed by atoms with E-state index < -0.39 is 10.0 Å². The summed E-state index contributed by atoms with van der Waals surface area (Å²) in [5, 5.41) is 6.09. The second kappa shape index (κ2) is 7.43. The van der Waals surface area contributed by atoms with Gasteiger partial charge in [-0.05, 0) is 44.4 Å². The van der Waals surface area contributed by atoms with Gasteiger partial charge < -0.3 is 10.6 Å². The van der Waals surface area contributed by atoms with E-state index >= 15 is 0 Å². The molecule has 7 heteroatoms. The van der Waals surface area contributed by atoms with E-state index in [1.807, 2.05) is 13.8 Å². The average molecular weight is 365 g/mol. The second-order valence-corrected chi connectivity index (χ2v) is 9.06. The molecule has 2 fully saturated rings. The number of hydrogen-bond donors (Lipinski definition) is 2. The fourth-order valence-corrected chi connectivity index (χ4v) is 5.12. The van der Waals surface area contributed by atoms with Gasteiger partial charge in [-0.2, -0.15) is 4.31 Å². The van der Waals surface area contributed by atoms with Crippen LogP contribution in [0.4, 0.5) is 0 Å². The lowest BCUT2D eigenvalue weighted by Gasteiger charge is -2.32. The molecule has 2 N–H and O–H groups in total. The number of hydrogen-bond acceptors (Lipinski definition) is 4. The molecule has 0 saturated carbocycles. The maximum atomic E-state index is 13.0. The van der Waals surface area contributed by atoms with Crippen molar-refractivity contribution < 1.29 is 13.2 Å². The van der Waals surface area contributed by atoms with E-state index in [1.54, 1.807) is 16.4 Å². The van der Waals surface area contributed by atoms with Crippen LogP contribution in [0.15, 0.2) is 23.1 Å². The van der Waals surface area contributed by atoms with Gasteiger partial charge in [-0.25, -0.2) is 8.42 Å². The number of nitrogens with one attached hydrogen (secondary N) is 2. The number of carbonyl (C=O) groups excluding carboxylic acids is 1. The van der Waals surface area contributed by atoms with E-state index in [4.69, 9.17) is 0 Å². The molecule has 0 radical (unpaired) electrons. The van der Waals surface area contributed by atoms with Gasteiger partial charge in [-0.1, -0.05) is 12.5 Å². The van der Waals surface area contributed by atoms with Crippen LogP contribution in [-0.4, -0.2) is 50.9 Å². The van der Waals surface area contributed by atoms with Gasteiger partial charge in [-0.15, -0.1) is 0 Å². The molecule has 6 nitrogen and oxygen atoms in total. The van der Waals surface area contributed by atoms with Crippen molar-refractivity contribution in [3.63, 3.8) is 0 Å². The summed E-state index contributed by atoms with van der Waals surface area (Å²) >= 11 is 0. The zero-order valence-electron chi connectivity index (χ0n) is 14.9. The number of piperidine rings is 1. The second-order valence-electron chi connectivity index (χ2n) is 7.17. The first-order valence-electron chi connectivity index (χ1n) is 9.01. The summed E-state index contributed by atoms with van der Waals surface area (Å²) in [5.41, 5.74) is 1.23. The predicted octanol–water partition coefficient (Wildman–Crippen LogP) is 1.51. The number of nitrogens with zero attached hydrogens (tertiary/aromatic N) is 1. The Morgan fingerprint density at radius 1 is 1.32 bits per heavy atom. The molecule has 3 rings (SSSR count). The normalized spacial score (nSPS) is 22.4. The third kappa shape index (κ3) is 3.88. The van der Waals surface area contributed by atoms with Crippen LogP contribution in [0, 0.1) is 12.8 Å². The first-order valence-corrected chi connectivity index (χ1v) is 10.4. The van der Waals surface area contributed by atoms with Gasteiger partial charge in [-0.3, -0.25) is 4.79 Å². The highest BCUT2D eigenvalue weighted by Crippen LogP contribution is 2.26. The Balaban J connectivity index is 1.81. The molecule has 2 saturated heterocycles. The maximum Gasteiger partial charge on any atom is 0.251 e. The minimum Gasteiger partial charge on any atom is -0.352 e. The molecule has 25 heavy (non-hydrogen) atoms. The van der Waals surface area contributed by atoms with Gasteiger partial charge in [0, 0.05) is 43.7 Å². The van der Waals surface area contributed by atoms with Gasteiger partial charge in [0.05, 0.1) is 4.90 Å². The smallest absolute Gasteiger partial charge is 0.251 e. The SMILES string of the molecule is Cc1ccc(S(=O)(=O)N2CCCCC2C)cc1C(=O)NCC1CNC1. The number of rotatable bonds is 5. The molecule has 0 bridgehead atoms. The molecule has 1 atom stereocenters. The number of sulfonamides is 1. The minimum absolute atomic E-state index is 0.00319. The molecule has 0 spiro atoms. The Morgan fingerprint density at radius 2 is 2.08 bits per heavy atom. The number of carbonyl (C=O) groups is 1. The van der Waals surface area contributed by atoms with Crippen LogP contribution < -0.4 is 10.6 Å². The van der Waals surface area contributed by atoms with E-state index in [0.29, 0.717) is 24.6 Å². The fourth-order valence-electron chi connectivity index (χ4n) is 3.40. The van der Waals surface area contributed by atoms with Crippen LogP contribution in [-0.2, 0) is 10.0 Å². The zero-order chi connectivity index (χ0) is 18.0. The predicted molar refractivity (Wildman–Crippen MR) is 97.1 cm³/mol. The molecule has 0 aliphatic carbocycles. The van der Waals surface area contributed by atoms with Gasteiger partial charge >= 0.3 is 0 Å². The van der Waals surface area contributed by atoms with Crippen LogP contribution in [0.5, 0.6) is 0 Å². The van der Waals surface area contributed by atoms with Gasteiger partial charge in [0.1, 0.15) is 0 Å². The van der Waals surface area contributed by atoms with Crippen LogP contribution in [0.2, 0.25) is 0 Å². The van der Waals surface area contributed by atoms with E-state index in [2.05, 4.69) is 10.6 Å². The van der Waals surface area contributed by atoms with E-state index in [9.17, 15) is 13.2 Å². The van der Waals surface area contributed by atoms with Crippen molar-refractivity contribution in [2.75, 3.05) is 26.2 Å². The first-order chi connectivity index (χ1) is 11.9. The number of amides is 1. The van der Waals surface area contributed by atoms with Crippen LogP contribution in [0.3, 0.4) is 0 Å². The highest BCUT2D eigenvalue weighted by Gasteiger charge is 2.31. The Labute approximate surface area is 150 Å². The lowest BCUT2D eigenvalue weighted by molar-refractivity contribution is 0.0941. The molecule has 138 valence electrons. The Hall–Kier alpha value is -1.44. The van der Waals surface area contributed by atoms with Gasteiger partial charge in [0.2, 0.25) is 10.0 Å². The molecule has 1 aromatic carbocycles. The highest BCUT2D eigenvalue weighted by atomic mass is 32.2. The lowest BCUT2D eigenvalue weighted by atomic mass is 10.0. The summed E-state index contributed by atoms with van der Waals surface area (Å²) < 4.78 is 27.6. The summed E-state index contributed by atoms with van der Waals surface area (Å²) in [6, 6.07) is 4.86. The van der Waals surface area contributed by atoms with Crippen molar-refractivity contribution in [1.29, 1.82) is 0 Å². The monoisotopic (exact) mass is 365 g/mol.